The van der Waals surface area contributed by atoms with Crippen molar-refractivity contribution in [1.29, 1.82) is 0 Å². The van der Waals surface area contributed by atoms with E-state index in [9.17, 15) is 9.59 Å². The van der Waals surface area contributed by atoms with Crippen molar-refractivity contribution in [3.8, 4) is 0 Å². The summed E-state index contributed by atoms with van der Waals surface area (Å²) in [6, 6.07) is 27.0. The number of allylic oxidation sites excluding steroid dienone is 1. The van der Waals surface area contributed by atoms with Crippen molar-refractivity contribution in [2.75, 3.05) is 0 Å². The quantitative estimate of drug-likeness (QED) is 0.441. The van der Waals surface area contributed by atoms with E-state index in [1.165, 1.54) is 5.56 Å². The van der Waals surface area contributed by atoms with Crippen LogP contribution in [0.15, 0.2) is 91.0 Å². The van der Waals surface area contributed by atoms with Crippen LogP contribution in [-0.4, -0.2) is 11.6 Å². The van der Waals surface area contributed by atoms with Crippen LogP contribution < -0.4 is 0 Å². The van der Waals surface area contributed by atoms with E-state index in [1.54, 1.807) is 6.08 Å². The van der Waals surface area contributed by atoms with Crippen LogP contribution in [0.1, 0.15) is 44.7 Å². The Morgan fingerprint density at radius 1 is 0.741 bits per heavy atom. The third kappa shape index (κ3) is 5.35. The maximum Gasteiger partial charge on any atom is 0.185 e. The molecule has 0 atom stereocenters. The van der Waals surface area contributed by atoms with Crippen LogP contribution in [-0.2, 0) is 6.42 Å². The van der Waals surface area contributed by atoms with Crippen molar-refractivity contribution < 1.29 is 9.59 Å². The molecule has 0 N–H and O–H groups in total. The molecule has 0 amide bonds. The molecule has 1 aliphatic rings. The summed E-state index contributed by atoms with van der Waals surface area (Å²) in [6.45, 7) is 0. The largest absolute Gasteiger partial charge is 0.294 e. The zero-order chi connectivity index (χ0) is 18.9. The van der Waals surface area contributed by atoms with Crippen LogP contribution in [0, 0.1) is 0 Å². The zero-order valence-electron chi connectivity index (χ0n) is 15.2. The lowest BCUT2D eigenvalue weighted by atomic mass is 9.91. The van der Waals surface area contributed by atoms with E-state index in [-0.39, 0.29) is 5.78 Å². The Labute approximate surface area is 160 Å². The summed E-state index contributed by atoms with van der Waals surface area (Å²) in [5, 5.41) is 0. The monoisotopic (exact) mass is 354 g/mol. The SMILES string of the molecule is O=C(/C=C/c1ccccc1)c1ccccc1.O=C1CCCc2ccccc21. The molecule has 27 heavy (non-hydrogen) atoms. The summed E-state index contributed by atoms with van der Waals surface area (Å²) in [5.41, 5.74) is 3.92. The molecular formula is C25H22O2. The number of hydrogen-bond donors (Lipinski definition) is 0. The summed E-state index contributed by atoms with van der Waals surface area (Å²) in [6.07, 6.45) is 6.26. The van der Waals surface area contributed by atoms with Gasteiger partial charge in [0.2, 0.25) is 0 Å². The lowest BCUT2D eigenvalue weighted by Crippen LogP contribution is -2.09. The highest BCUT2D eigenvalue weighted by atomic mass is 16.1. The van der Waals surface area contributed by atoms with E-state index < -0.39 is 0 Å². The number of carbonyl (C=O) groups is 2. The third-order valence-corrected chi connectivity index (χ3v) is 4.45. The highest BCUT2D eigenvalue weighted by Gasteiger charge is 2.14. The standard InChI is InChI=1S/C15H12O.C10H10O/c16-15(14-9-5-2-6-10-14)12-11-13-7-3-1-4-8-13;11-10-7-3-5-8-4-1-2-6-9(8)10/h1-12H;1-2,4,6H,3,5,7H2/b12-11+;. The second kappa shape index (κ2) is 9.44. The van der Waals surface area contributed by atoms with Crippen molar-refractivity contribution in [1.82, 2.24) is 0 Å². The molecule has 1 aliphatic carbocycles. The first-order valence-electron chi connectivity index (χ1n) is 9.17. The summed E-state index contributed by atoms with van der Waals surface area (Å²) in [5.74, 6) is 0.344. The number of rotatable bonds is 3. The van der Waals surface area contributed by atoms with Crippen LogP contribution in [0.3, 0.4) is 0 Å². The predicted molar refractivity (Wildman–Crippen MR) is 110 cm³/mol. The molecule has 0 aromatic heterocycles. The van der Waals surface area contributed by atoms with Crippen molar-refractivity contribution in [3.05, 3.63) is 113 Å². The molecule has 3 aromatic rings. The fraction of sp³-hybridized carbons (Fsp3) is 0.120. The van der Waals surface area contributed by atoms with Gasteiger partial charge in [0.15, 0.2) is 11.6 Å². The lowest BCUT2D eigenvalue weighted by Gasteiger charge is -2.12. The van der Waals surface area contributed by atoms with E-state index in [1.807, 2.05) is 91.0 Å². The van der Waals surface area contributed by atoms with Gasteiger partial charge in [-0.25, -0.2) is 0 Å². The Kier molecular flexibility index (Phi) is 6.48. The summed E-state index contributed by atoms with van der Waals surface area (Å²) >= 11 is 0. The van der Waals surface area contributed by atoms with E-state index in [2.05, 4.69) is 0 Å². The average molecular weight is 354 g/mol. The Morgan fingerprint density at radius 2 is 1.37 bits per heavy atom. The summed E-state index contributed by atoms with van der Waals surface area (Å²) < 4.78 is 0. The number of benzene rings is 3. The molecule has 2 heteroatoms. The van der Waals surface area contributed by atoms with Crippen molar-refractivity contribution in [2.45, 2.75) is 19.3 Å². The predicted octanol–water partition coefficient (Wildman–Crippen LogP) is 5.79. The van der Waals surface area contributed by atoms with Crippen molar-refractivity contribution in [2.24, 2.45) is 0 Å². The van der Waals surface area contributed by atoms with Crippen molar-refractivity contribution in [3.63, 3.8) is 0 Å². The van der Waals surface area contributed by atoms with Gasteiger partial charge >= 0.3 is 0 Å². The van der Waals surface area contributed by atoms with Crippen LogP contribution in [0.5, 0.6) is 0 Å². The molecule has 0 bridgehead atoms. The first-order chi connectivity index (χ1) is 13.2. The van der Waals surface area contributed by atoms with Crippen LogP contribution in [0.2, 0.25) is 0 Å². The van der Waals surface area contributed by atoms with Crippen LogP contribution >= 0.6 is 0 Å². The third-order valence-electron chi connectivity index (χ3n) is 4.45. The molecule has 2 nitrogen and oxygen atoms in total. The smallest absolute Gasteiger partial charge is 0.185 e. The van der Waals surface area contributed by atoms with Gasteiger partial charge in [-0.3, -0.25) is 9.59 Å². The minimum atomic E-state index is 0.0319. The molecular weight excluding hydrogens is 332 g/mol. The Balaban J connectivity index is 0.000000166. The highest BCUT2D eigenvalue weighted by Crippen LogP contribution is 2.20. The van der Waals surface area contributed by atoms with E-state index in [0.717, 1.165) is 36.0 Å². The van der Waals surface area contributed by atoms with E-state index in [0.29, 0.717) is 5.78 Å². The fourth-order valence-corrected chi connectivity index (χ4v) is 3.02. The van der Waals surface area contributed by atoms with Gasteiger partial charge in [0.25, 0.3) is 0 Å². The molecule has 4 rings (SSSR count). The number of aryl methyl sites for hydroxylation is 1. The molecule has 0 fully saturated rings. The normalized spacial score (nSPS) is 12.8. The maximum atomic E-state index is 11.7. The number of ketones is 2. The number of fused-ring (bicyclic) bond motifs is 1. The van der Waals surface area contributed by atoms with Crippen LogP contribution in [0.25, 0.3) is 6.08 Å². The van der Waals surface area contributed by atoms with E-state index in [4.69, 9.17) is 0 Å². The molecule has 0 aliphatic heterocycles. The summed E-state index contributed by atoms with van der Waals surface area (Å²) in [7, 11) is 0. The molecule has 0 saturated carbocycles. The van der Waals surface area contributed by atoms with Gasteiger partial charge in [-0.2, -0.15) is 0 Å². The van der Waals surface area contributed by atoms with E-state index >= 15 is 0 Å². The van der Waals surface area contributed by atoms with Gasteiger partial charge in [-0.05, 0) is 30.0 Å². The first kappa shape index (κ1) is 18.5. The van der Waals surface area contributed by atoms with Gasteiger partial charge in [0.1, 0.15) is 0 Å². The number of Topliss-reactive ketones (excluding diaryl/α,β-unsaturated/α-hetero) is 1. The van der Waals surface area contributed by atoms with Crippen molar-refractivity contribution >= 4 is 17.6 Å². The lowest BCUT2D eigenvalue weighted by molar-refractivity contribution is 0.0971. The van der Waals surface area contributed by atoms with Gasteiger partial charge < -0.3 is 0 Å². The number of hydrogen-bond acceptors (Lipinski definition) is 2. The van der Waals surface area contributed by atoms with Crippen LogP contribution in [0.4, 0.5) is 0 Å². The maximum absolute atomic E-state index is 11.7. The molecule has 3 aromatic carbocycles. The molecule has 0 heterocycles. The highest BCUT2D eigenvalue weighted by molar-refractivity contribution is 6.06. The second-order valence-corrected chi connectivity index (χ2v) is 6.41. The van der Waals surface area contributed by atoms with Gasteiger partial charge in [0, 0.05) is 17.5 Å². The Bertz CT molecular complexity index is 925. The second-order valence-electron chi connectivity index (χ2n) is 6.41. The zero-order valence-corrected chi connectivity index (χ0v) is 15.2. The first-order valence-corrected chi connectivity index (χ1v) is 9.17. The number of carbonyl (C=O) groups excluding carboxylic acids is 2. The molecule has 0 radical (unpaired) electrons. The average Bonchev–Trinajstić information content (AvgIpc) is 2.74. The molecule has 134 valence electrons. The molecule has 0 saturated heterocycles. The molecule has 0 spiro atoms. The fourth-order valence-electron chi connectivity index (χ4n) is 3.02. The van der Waals surface area contributed by atoms with Gasteiger partial charge in [0.05, 0.1) is 0 Å². The topological polar surface area (TPSA) is 34.1 Å². The van der Waals surface area contributed by atoms with Gasteiger partial charge in [-0.15, -0.1) is 0 Å². The van der Waals surface area contributed by atoms with Gasteiger partial charge in [-0.1, -0.05) is 91.0 Å². The minimum absolute atomic E-state index is 0.0319. The Morgan fingerprint density at radius 3 is 2.07 bits per heavy atom. The minimum Gasteiger partial charge on any atom is -0.294 e. The molecule has 0 unspecified atom stereocenters. The Hall–Kier alpha value is -3.26. The summed E-state index contributed by atoms with van der Waals surface area (Å²) in [4.78, 5) is 23.0.